The lowest BCUT2D eigenvalue weighted by molar-refractivity contribution is 0.0937. The molecule has 0 bridgehead atoms. The molecule has 1 heterocycles. The number of likely N-dealkylation sites (N-methyl/N-ethyl adjacent to an activating group) is 1. The fourth-order valence-electron chi connectivity index (χ4n) is 3.52. The van der Waals surface area contributed by atoms with E-state index in [0.717, 1.165) is 24.1 Å². The van der Waals surface area contributed by atoms with Crippen molar-refractivity contribution in [2.24, 2.45) is 0 Å². The number of nitrogens with zero attached hydrogens (tertiary/aromatic N) is 1. The molecule has 1 fully saturated rings. The third-order valence-corrected chi connectivity index (χ3v) is 5.13. The van der Waals surface area contributed by atoms with Gasteiger partial charge in [-0.15, -0.1) is 0 Å². The minimum atomic E-state index is -0.228. The highest BCUT2D eigenvalue weighted by Crippen LogP contribution is 2.19. The molecule has 2 N–H and O–H groups in total. The number of carbonyl (C=O) groups excluding carboxylic acids is 1. The molecule has 0 unspecified atom stereocenters. The first-order valence-electron chi connectivity index (χ1n) is 8.93. The molecule has 26 heavy (non-hydrogen) atoms. The van der Waals surface area contributed by atoms with Crippen LogP contribution in [0.4, 0.5) is 4.39 Å². The third kappa shape index (κ3) is 4.11. The van der Waals surface area contributed by atoms with Gasteiger partial charge in [-0.1, -0.05) is 30.3 Å². The van der Waals surface area contributed by atoms with E-state index in [2.05, 4.69) is 10.2 Å². The maximum Gasteiger partial charge on any atom is 0.251 e. The van der Waals surface area contributed by atoms with Crippen LogP contribution in [0.2, 0.25) is 0 Å². The molecule has 4 nitrogen and oxygen atoms in total. The monoisotopic (exact) mass is 356 g/mol. The molecule has 0 aromatic heterocycles. The summed E-state index contributed by atoms with van der Waals surface area (Å²) < 4.78 is 13.8. The highest BCUT2D eigenvalue weighted by Gasteiger charge is 2.30. The van der Waals surface area contributed by atoms with Crippen molar-refractivity contribution in [3.05, 3.63) is 70.5 Å². The highest BCUT2D eigenvalue weighted by atomic mass is 19.1. The van der Waals surface area contributed by atoms with Gasteiger partial charge in [0.1, 0.15) is 5.82 Å². The van der Waals surface area contributed by atoms with Crippen molar-refractivity contribution < 1.29 is 14.3 Å². The van der Waals surface area contributed by atoms with Crippen LogP contribution in [0, 0.1) is 12.7 Å². The average molecular weight is 356 g/mol. The van der Waals surface area contributed by atoms with Crippen molar-refractivity contribution in [3.63, 3.8) is 0 Å². The second-order valence-electron chi connectivity index (χ2n) is 7.10. The molecular formula is C21H25FN2O2. The molecule has 1 amide bonds. The predicted octanol–water partition coefficient (Wildman–Crippen LogP) is 2.52. The molecule has 138 valence electrons. The van der Waals surface area contributed by atoms with Crippen LogP contribution >= 0.6 is 0 Å². The molecule has 0 radical (unpaired) electrons. The Morgan fingerprint density at radius 3 is 2.77 bits per heavy atom. The summed E-state index contributed by atoms with van der Waals surface area (Å²) in [7, 11) is 1.95. The molecule has 1 saturated heterocycles. The number of aryl methyl sites for hydroxylation is 1. The van der Waals surface area contributed by atoms with Crippen LogP contribution < -0.4 is 5.32 Å². The van der Waals surface area contributed by atoms with Crippen molar-refractivity contribution in [3.8, 4) is 0 Å². The van der Waals surface area contributed by atoms with E-state index >= 15 is 0 Å². The molecule has 1 aliphatic rings. The van der Waals surface area contributed by atoms with Gasteiger partial charge < -0.3 is 10.4 Å². The number of halogens is 1. The van der Waals surface area contributed by atoms with Crippen molar-refractivity contribution in [1.82, 2.24) is 10.2 Å². The Morgan fingerprint density at radius 1 is 1.31 bits per heavy atom. The smallest absolute Gasteiger partial charge is 0.251 e. The summed E-state index contributed by atoms with van der Waals surface area (Å²) in [5.74, 6) is -0.348. The number of hydrogen-bond acceptors (Lipinski definition) is 3. The van der Waals surface area contributed by atoms with Gasteiger partial charge in [-0.05, 0) is 55.6 Å². The maximum absolute atomic E-state index is 13.8. The van der Waals surface area contributed by atoms with Crippen LogP contribution in [0.15, 0.2) is 42.5 Å². The van der Waals surface area contributed by atoms with Gasteiger partial charge in [0.2, 0.25) is 0 Å². The minimum Gasteiger partial charge on any atom is -0.395 e. The van der Waals surface area contributed by atoms with Gasteiger partial charge in [0.15, 0.2) is 0 Å². The fraction of sp³-hybridized carbons (Fsp3) is 0.381. The lowest BCUT2D eigenvalue weighted by Gasteiger charge is -2.15. The predicted molar refractivity (Wildman–Crippen MR) is 99.8 cm³/mol. The van der Waals surface area contributed by atoms with Gasteiger partial charge >= 0.3 is 0 Å². The molecule has 1 aliphatic heterocycles. The van der Waals surface area contributed by atoms with Gasteiger partial charge in [0.05, 0.1) is 6.61 Å². The number of rotatable bonds is 5. The Hall–Kier alpha value is -2.24. The molecule has 2 atom stereocenters. The topological polar surface area (TPSA) is 52.6 Å². The van der Waals surface area contributed by atoms with E-state index < -0.39 is 0 Å². The lowest BCUT2D eigenvalue weighted by Crippen LogP contribution is -2.36. The van der Waals surface area contributed by atoms with E-state index in [1.807, 2.05) is 31.3 Å². The lowest BCUT2D eigenvalue weighted by atomic mass is 9.98. The van der Waals surface area contributed by atoms with E-state index in [1.165, 1.54) is 6.07 Å². The van der Waals surface area contributed by atoms with Gasteiger partial charge in [0.25, 0.3) is 5.91 Å². The van der Waals surface area contributed by atoms with Crippen molar-refractivity contribution in [2.45, 2.75) is 31.8 Å². The van der Waals surface area contributed by atoms with Crippen LogP contribution in [-0.4, -0.2) is 48.2 Å². The molecular weight excluding hydrogens is 331 g/mol. The van der Waals surface area contributed by atoms with E-state index in [0.29, 0.717) is 17.5 Å². The molecule has 2 aromatic rings. The standard InChI is InChI=1S/C21H25FN2O2/c1-14-7-8-15(10-20(14)22)9-16-5-3-4-6-19(16)21(26)23-17-11-18(13-25)24(2)12-17/h3-8,10,17-18,25H,9,11-13H2,1-2H3,(H,23,26)/t17-,18+/m1/s1. The van der Waals surface area contributed by atoms with Gasteiger partial charge in [0, 0.05) is 24.2 Å². The van der Waals surface area contributed by atoms with Gasteiger partial charge in [-0.25, -0.2) is 4.39 Å². The Kier molecular flexibility index (Phi) is 5.69. The fourth-order valence-corrected chi connectivity index (χ4v) is 3.52. The normalized spacial score (nSPS) is 20.3. The summed E-state index contributed by atoms with van der Waals surface area (Å²) in [5, 5.41) is 12.4. The summed E-state index contributed by atoms with van der Waals surface area (Å²) in [6, 6.07) is 12.7. The first-order chi connectivity index (χ1) is 12.5. The van der Waals surface area contributed by atoms with Crippen LogP contribution in [0.3, 0.4) is 0 Å². The molecule has 0 aliphatic carbocycles. The largest absolute Gasteiger partial charge is 0.395 e. The first-order valence-corrected chi connectivity index (χ1v) is 8.93. The SMILES string of the molecule is Cc1ccc(Cc2ccccc2C(=O)N[C@@H]2C[C@@H](CO)N(C)C2)cc1F. The third-order valence-electron chi connectivity index (χ3n) is 5.13. The summed E-state index contributed by atoms with van der Waals surface area (Å²) in [4.78, 5) is 14.8. The Morgan fingerprint density at radius 2 is 2.08 bits per heavy atom. The number of likely N-dealkylation sites (tertiary alicyclic amines) is 1. The van der Waals surface area contributed by atoms with Crippen molar-refractivity contribution in [1.29, 1.82) is 0 Å². The van der Waals surface area contributed by atoms with E-state index in [-0.39, 0.29) is 30.4 Å². The average Bonchev–Trinajstić information content (AvgIpc) is 2.98. The van der Waals surface area contributed by atoms with Crippen LogP contribution in [0.5, 0.6) is 0 Å². The summed E-state index contributed by atoms with van der Waals surface area (Å²) in [6.45, 7) is 2.56. The molecule has 3 rings (SSSR count). The number of benzene rings is 2. The molecule has 5 heteroatoms. The van der Waals surface area contributed by atoms with Crippen molar-refractivity contribution >= 4 is 5.91 Å². The number of amides is 1. The van der Waals surface area contributed by atoms with Crippen LogP contribution in [-0.2, 0) is 6.42 Å². The van der Waals surface area contributed by atoms with E-state index in [9.17, 15) is 14.3 Å². The second kappa shape index (κ2) is 7.98. The molecule has 0 spiro atoms. The molecule has 2 aromatic carbocycles. The van der Waals surface area contributed by atoms with Crippen LogP contribution in [0.25, 0.3) is 0 Å². The maximum atomic E-state index is 13.8. The Bertz CT molecular complexity index is 793. The van der Waals surface area contributed by atoms with E-state index in [4.69, 9.17) is 0 Å². The zero-order chi connectivity index (χ0) is 18.7. The first kappa shape index (κ1) is 18.5. The Labute approximate surface area is 153 Å². The zero-order valence-electron chi connectivity index (χ0n) is 15.2. The number of hydrogen-bond donors (Lipinski definition) is 2. The highest BCUT2D eigenvalue weighted by molar-refractivity contribution is 5.96. The minimum absolute atomic E-state index is 0.0227. The quantitative estimate of drug-likeness (QED) is 0.866. The Balaban J connectivity index is 1.74. The summed E-state index contributed by atoms with van der Waals surface area (Å²) >= 11 is 0. The number of aliphatic hydroxyl groups is 1. The number of aliphatic hydroxyl groups excluding tert-OH is 1. The summed E-state index contributed by atoms with van der Waals surface area (Å²) in [5.41, 5.74) is 2.94. The number of nitrogens with one attached hydrogen (secondary N) is 1. The van der Waals surface area contributed by atoms with Gasteiger partial charge in [-0.2, -0.15) is 0 Å². The van der Waals surface area contributed by atoms with Crippen LogP contribution in [0.1, 0.15) is 33.5 Å². The summed E-state index contributed by atoms with van der Waals surface area (Å²) in [6.07, 6.45) is 1.24. The van der Waals surface area contributed by atoms with Crippen molar-refractivity contribution in [2.75, 3.05) is 20.2 Å². The second-order valence-corrected chi connectivity index (χ2v) is 7.10. The van der Waals surface area contributed by atoms with Gasteiger partial charge in [-0.3, -0.25) is 9.69 Å². The number of carbonyl (C=O) groups is 1. The zero-order valence-corrected chi connectivity index (χ0v) is 15.2. The molecule has 0 saturated carbocycles. The van der Waals surface area contributed by atoms with E-state index in [1.54, 1.807) is 19.1 Å².